The number of nitrogens with zero attached hydrogens (tertiary/aromatic N) is 2. The Morgan fingerprint density at radius 2 is 1.97 bits per heavy atom. The van der Waals surface area contributed by atoms with Gasteiger partial charge in [0.1, 0.15) is 4.83 Å². The largest absolute Gasteiger partial charge is 0.451 e. The number of nitrogens with one attached hydrogen (secondary N) is 1. The zero-order chi connectivity index (χ0) is 20.7. The van der Waals surface area contributed by atoms with E-state index in [0.717, 1.165) is 22.5 Å². The second-order valence-corrected chi connectivity index (χ2v) is 8.36. The van der Waals surface area contributed by atoms with Gasteiger partial charge in [-0.05, 0) is 57.0 Å². The van der Waals surface area contributed by atoms with Crippen LogP contribution >= 0.6 is 11.3 Å². The molecule has 0 saturated carbocycles. The number of rotatable bonds is 4. The van der Waals surface area contributed by atoms with E-state index in [4.69, 9.17) is 4.74 Å². The molecule has 1 saturated heterocycles. The number of ether oxygens (including phenoxy) is 1. The van der Waals surface area contributed by atoms with Crippen LogP contribution in [0, 0.1) is 13.8 Å². The summed E-state index contributed by atoms with van der Waals surface area (Å²) < 4.78 is 5.50. The Morgan fingerprint density at radius 1 is 1.24 bits per heavy atom. The van der Waals surface area contributed by atoms with Crippen molar-refractivity contribution in [3.8, 4) is 0 Å². The first kappa shape index (κ1) is 19.3. The van der Waals surface area contributed by atoms with E-state index in [1.165, 1.54) is 11.3 Å². The number of aryl methyl sites for hydroxylation is 2. The number of carbonyl (C=O) groups is 2. The van der Waals surface area contributed by atoms with Crippen molar-refractivity contribution >= 4 is 39.1 Å². The number of fused-ring (bicyclic) bond motifs is 1. The van der Waals surface area contributed by atoms with Gasteiger partial charge in [0, 0.05) is 23.5 Å². The summed E-state index contributed by atoms with van der Waals surface area (Å²) in [7, 11) is 0. The van der Waals surface area contributed by atoms with Gasteiger partial charge in [-0.2, -0.15) is 0 Å². The molecule has 8 heteroatoms. The van der Waals surface area contributed by atoms with Gasteiger partial charge in [0.15, 0.2) is 11.9 Å². The average Bonchev–Trinajstić information content (AvgIpc) is 3.25. The Morgan fingerprint density at radius 3 is 2.62 bits per heavy atom. The highest BCUT2D eigenvalue weighted by Gasteiger charge is 2.23. The second kappa shape index (κ2) is 7.44. The number of thiophene rings is 1. The van der Waals surface area contributed by atoms with Crippen molar-refractivity contribution in [3.63, 3.8) is 0 Å². The monoisotopic (exact) mass is 411 g/mol. The molecular formula is C21H21N3O4S. The van der Waals surface area contributed by atoms with Crippen LogP contribution in [0.15, 0.2) is 29.1 Å². The maximum Gasteiger partial charge on any atom is 0.338 e. The third-order valence-electron chi connectivity index (χ3n) is 5.21. The highest BCUT2D eigenvalue weighted by atomic mass is 32.1. The van der Waals surface area contributed by atoms with Crippen molar-refractivity contribution in [1.82, 2.24) is 9.97 Å². The lowest BCUT2D eigenvalue weighted by Gasteiger charge is -2.16. The molecule has 0 bridgehead atoms. The van der Waals surface area contributed by atoms with Crippen LogP contribution in [0.5, 0.6) is 0 Å². The summed E-state index contributed by atoms with van der Waals surface area (Å²) in [6, 6.07) is 6.77. The van der Waals surface area contributed by atoms with Gasteiger partial charge in [-0.1, -0.05) is 0 Å². The van der Waals surface area contributed by atoms with Crippen molar-refractivity contribution < 1.29 is 14.3 Å². The number of esters is 1. The molecule has 1 aliphatic rings. The van der Waals surface area contributed by atoms with Crippen molar-refractivity contribution in [2.45, 2.75) is 39.7 Å². The second-order valence-electron chi connectivity index (χ2n) is 7.16. The summed E-state index contributed by atoms with van der Waals surface area (Å²) in [5, 5.41) is 0.585. The minimum absolute atomic E-state index is 0.0958. The lowest BCUT2D eigenvalue weighted by Crippen LogP contribution is -2.23. The van der Waals surface area contributed by atoms with E-state index < -0.39 is 12.1 Å². The SMILES string of the molecule is Cc1sc2nc([C@H](C)OC(=O)c3ccc(N4CCCC4=O)cc3)[nH]c(=O)c2c1C. The van der Waals surface area contributed by atoms with Crippen LogP contribution in [0.1, 0.15) is 52.5 Å². The van der Waals surface area contributed by atoms with Crippen molar-refractivity contribution in [1.29, 1.82) is 0 Å². The first-order valence-electron chi connectivity index (χ1n) is 9.46. The molecule has 1 fully saturated rings. The molecule has 0 unspecified atom stereocenters. The Labute approximate surface area is 171 Å². The lowest BCUT2D eigenvalue weighted by molar-refractivity contribution is -0.117. The fourth-order valence-corrected chi connectivity index (χ4v) is 4.48. The number of anilines is 1. The molecule has 0 radical (unpaired) electrons. The van der Waals surface area contributed by atoms with E-state index in [2.05, 4.69) is 9.97 Å². The Kier molecular flexibility index (Phi) is 4.96. The summed E-state index contributed by atoms with van der Waals surface area (Å²) >= 11 is 1.45. The quantitative estimate of drug-likeness (QED) is 0.662. The summed E-state index contributed by atoms with van der Waals surface area (Å²) in [5.74, 6) is -0.104. The van der Waals surface area contributed by atoms with Crippen molar-refractivity contribution in [2.75, 3.05) is 11.4 Å². The van der Waals surface area contributed by atoms with Gasteiger partial charge in [-0.3, -0.25) is 9.59 Å². The smallest absolute Gasteiger partial charge is 0.338 e. The Hall–Kier alpha value is -3.00. The van der Waals surface area contributed by atoms with E-state index in [9.17, 15) is 14.4 Å². The van der Waals surface area contributed by atoms with E-state index in [-0.39, 0.29) is 11.5 Å². The maximum atomic E-state index is 12.5. The molecule has 1 aliphatic heterocycles. The molecule has 0 aliphatic carbocycles. The van der Waals surface area contributed by atoms with Crippen molar-refractivity contribution in [2.24, 2.45) is 0 Å². The van der Waals surface area contributed by atoms with E-state index in [1.54, 1.807) is 36.1 Å². The average molecular weight is 411 g/mol. The van der Waals surface area contributed by atoms with Crippen LogP contribution in [-0.2, 0) is 9.53 Å². The number of carbonyl (C=O) groups excluding carboxylic acids is 2. The van der Waals surface area contributed by atoms with Gasteiger partial charge in [-0.15, -0.1) is 11.3 Å². The highest BCUT2D eigenvalue weighted by molar-refractivity contribution is 7.18. The fourth-order valence-electron chi connectivity index (χ4n) is 3.45. The van der Waals surface area contributed by atoms with Crippen LogP contribution in [0.25, 0.3) is 10.2 Å². The lowest BCUT2D eigenvalue weighted by atomic mass is 10.2. The predicted molar refractivity (Wildman–Crippen MR) is 112 cm³/mol. The minimum Gasteiger partial charge on any atom is -0.451 e. The zero-order valence-electron chi connectivity index (χ0n) is 16.4. The number of amides is 1. The highest BCUT2D eigenvalue weighted by Crippen LogP contribution is 2.27. The Bertz CT molecular complexity index is 1160. The van der Waals surface area contributed by atoms with Crippen LogP contribution in [0.4, 0.5) is 5.69 Å². The van der Waals surface area contributed by atoms with Crippen LogP contribution in [0.3, 0.4) is 0 Å². The molecule has 1 N–H and O–H groups in total. The van der Waals surface area contributed by atoms with E-state index in [0.29, 0.717) is 34.6 Å². The minimum atomic E-state index is -0.706. The summed E-state index contributed by atoms with van der Waals surface area (Å²) in [6.07, 6.45) is 0.696. The Balaban J connectivity index is 1.51. The maximum absolute atomic E-state index is 12.5. The third kappa shape index (κ3) is 3.55. The van der Waals surface area contributed by atoms with Gasteiger partial charge in [0.25, 0.3) is 5.56 Å². The molecule has 2 aromatic heterocycles. The van der Waals surface area contributed by atoms with Gasteiger partial charge in [-0.25, -0.2) is 9.78 Å². The summed E-state index contributed by atoms with van der Waals surface area (Å²) in [6.45, 7) is 6.21. The molecule has 3 aromatic rings. The topological polar surface area (TPSA) is 92.4 Å². The zero-order valence-corrected chi connectivity index (χ0v) is 17.3. The molecule has 150 valence electrons. The first-order valence-corrected chi connectivity index (χ1v) is 10.3. The van der Waals surface area contributed by atoms with Gasteiger partial charge in [0.2, 0.25) is 5.91 Å². The van der Waals surface area contributed by atoms with Gasteiger partial charge in [0.05, 0.1) is 10.9 Å². The van der Waals surface area contributed by atoms with Crippen molar-refractivity contribution in [3.05, 3.63) is 56.4 Å². The van der Waals surface area contributed by atoms with E-state index >= 15 is 0 Å². The molecule has 1 atom stereocenters. The molecule has 1 amide bonds. The number of aromatic nitrogens is 2. The number of hydrogen-bond acceptors (Lipinski definition) is 6. The van der Waals surface area contributed by atoms with Gasteiger partial charge < -0.3 is 14.6 Å². The normalized spacial score (nSPS) is 15.1. The van der Waals surface area contributed by atoms with E-state index in [1.807, 2.05) is 13.8 Å². The van der Waals surface area contributed by atoms with Crippen LogP contribution in [0.2, 0.25) is 0 Å². The number of hydrogen-bond donors (Lipinski definition) is 1. The molecule has 4 rings (SSSR count). The number of aromatic amines is 1. The van der Waals surface area contributed by atoms with Crippen LogP contribution < -0.4 is 10.5 Å². The third-order valence-corrected chi connectivity index (χ3v) is 6.32. The summed E-state index contributed by atoms with van der Waals surface area (Å²) in [5.41, 5.74) is 1.84. The standard InChI is InChI=1S/C21H21N3O4S/c1-11-13(3)29-20-17(11)19(26)22-18(23-20)12(2)28-21(27)14-6-8-15(9-7-14)24-10-4-5-16(24)25/h6-9,12H,4-5,10H2,1-3H3,(H,22,23,26)/t12-/m0/s1. The van der Waals surface area contributed by atoms with Gasteiger partial charge >= 0.3 is 5.97 Å². The first-order chi connectivity index (χ1) is 13.8. The van der Waals surface area contributed by atoms with Crippen LogP contribution in [-0.4, -0.2) is 28.4 Å². The molecule has 1 aromatic carbocycles. The number of benzene rings is 1. The fraction of sp³-hybridized carbons (Fsp3) is 0.333. The molecule has 3 heterocycles. The molecule has 7 nitrogen and oxygen atoms in total. The summed E-state index contributed by atoms with van der Waals surface area (Å²) in [4.78, 5) is 47.4. The number of H-pyrrole nitrogens is 1. The molecule has 0 spiro atoms. The predicted octanol–water partition coefficient (Wildman–Crippen LogP) is 3.65. The molecular weight excluding hydrogens is 390 g/mol. The molecule has 29 heavy (non-hydrogen) atoms.